The van der Waals surface area contributed by atoms with Crippen molar-refractivity contribution in [1.82, 2.24) is 14.8 Å². The molecule has 31 heavy (non-hydrogen) atoms. The summed E-state index contributed by atoms with van der Waals surface area (Å²) in [6.07, 6.45) is 3.43. The molecule has 0 bridgehead atoms. The number of piperidine rings is 1. The number of aryl methyl sites for hydroxylation is 2. The van der Waals surface area contributed by atoms with Crippen molar-refractivity contribution in [2.75, 3.05) is 26.2 Å². The quantitative estimate of drug-likeness (QED) is 0.684. The van der Waals surface area contributed by atoms with Crippen molar-refractivity contribution in [2.24, 2.45) is 0 Å². The van der Waals surface area contributed by atoms with Crippen LogP contribution in [0.25, 0.3) is 0 Å². The molecular formula is C23H26FN3O3S. The smallest absolute Gasteiger partial charge is 0.290 e. The van der Waals surface area contributed by atoms with Crippen LogP contribution in [0.15, 0.2) is 35.6 Å². The predicted octanol–water partition coefficient (Wildman–Crippen LogP) is 3.96. The summed E-state index contributed by atoms with van der Waals surface area (Å²) >= 11 is 1.21. The van der Waals surface area contributed by atoms with Gasteiger partial charge in [0, 0.05) is 18.7 Å². The molecule has 4 rings (SSSR count). The van der Waals surface area contributed by atoms with Crippen LogP contribution in [0.2, 0.25) is 0 Å². The third-order valence-electron chi connectivity index (χ3n) is 5.96. The molecule has 3 heterocycles. The van der Waals surface area contributed by atoms with Gasteiger partial charge in [-0.05, 0) is 45.8 Å². The number of halogens is 1. The van der Waals surface area contributed by atoms with Crippen molar-refractivity contribution in [2.45, 2.75) is 39.2 Å². The lowest BCUT2D eigenvalue weighted by atomic mass is 9.94. The van der Waals surface area contributed by atoms with Gasteiger partial charge in [-0.3, -0.25) is 9.59 Å². The molecule has 1 N–H and O–H groups in total. The number of Topliss-reactive ketones (excluding diaryl/α,β-unsaturated/α-hetero) is 1. The van der Waals surface area contributed by atoms with Gasteiger partial charge in [0.1, 0.15) is 5.82 Å². The summed E-state index contributed by atoms with van der Waals surface area (Å²) in [5, 5.41) is 11.4. The van der Waals surface area contributed by atoms with Gasteiger partial charge in [-0.25, -0.2) is 9.37 Å². The fraction of sp³-hybridized carbons (Fsp3) is 0.435. The molecule has 2 aliphatic heterocycles. The van der Waals surface area contributed by atoms with Crippen molar-refractivity contribution in [1.29, 1.82) is 0 Å². The van der Waals surface area contributed by atoms with Gasteiger partial charge >= 0.3 is 0 Å². The Morgan fingerprint density at radius 2 is 1.90 bits per heavy atom. The molecule has 2 aromatic rings. The number of likely N-dealkylation sites (tertiary alicyclic amines) is 1. The lowest BCUT2D eigenvalue weighted by Crippen LogP contribution is -2.40. The topological polar surface area (TPSA) is 73.7 Å². The largest absolute Gasteiger partial charge is 0.503 e. The zero-order valence-corrected chi connectivity index (χ0v) is 18.5. The maximum atomic E-state index is 14.8. The zero-order valence-electron chi connectivity index (χ0n) is 17.7. The van der Waals surface area contributed by atoms with E-state index in [-0.39, 0.29) is 11.1 Å². The Kier molecular flexibility index (Phi) is 6.20. The van der Waals surface area contributed by atoms with Crippen LogP contribution in [0.5, 0.6) is 0 Å². The Hall–Kier alpha value is -2.58. The van der Waals surface area contributed by atoms with Crippen molar-refractivity contribution < 1.29 is 19.1 Å². The van der Waals surface area contributed by atoms with Crippen molar-refractivity contribution in [3.05, 3.63) is 62.6 Å². The standard InChI is InChI=1S/C23H26FN3O3S/c1-14-22(31-15(2)25-14)20(28)18-19(16-8-4-5-9-17(16)24)27(23(30)21(18)29)13-12-26-10-6-3-7-11-26/h4-5,8-9,19,29H,3,6-7,10-13H2,1-2H3. The van der Waals surface area contributed by atoms with E-state index < -0.39 is 29.3 Å². The van der Waals surface area contributed by atoms with Gasteiger partial charge in [-0.2, -0.15) is 0 Å². The van der Waals surface area contributed by atoms with Crippen molar-refractivity contribution >= 4 is 23.0 Å². The highest BCUT2D eigenvalue weighted by Crippen LogP contribution is 2.40. The molecule has 0 saturated carbocycles. The van der Waals surface area contributed by atoms with Crippen molar-refractivity contribution in [3.8, 4) is 0 Å². The Balaban J connectivity index is 1.71. The van der Waals surface area contributed by atoms with Gasteiger partial charge in [0.15, 0.2) is 5.76 Å². The number of aromatic nitrogens is 1. The summed E-state index contributed by atoms with van der Waals surface area (Å²) in [6, 6.07) is 5.15. The number of rotatable bonds is 6. The minimum absolute atomic E-state index is 0.0690. The number of carbonyl (C=O) groups excluding carboxylic acids is 2. The van der Waals surface area contributed by atoms with Gasteiger partial charge in [-0.1, -0.05) is 24.6 Å². The second kappa shape index (κ2) is 8.88. The number of ketones is 1. The summed E-state index contributed by atoms with van der Waals surface area (Å²) in [6.45, 7) is 6.34. The molecule has 1 aromatic heterocycles. The van der Waals surface area contributed by atoms with E-state index in [1.807, 2.05) is 0 Å². The van der Waals surface area contributed by atoms with E-state index in [4.69, 9.17) is 0 Å². The maximum absolute atomic E-state index is 14.8. The number of amides is 1. The van der Waals surface area contributed by atoms with Gasteiger partial charge in [-0.15, -0.1) is 11.3 Å². The van der Waals surface area contributed by atoms with Crippen LogP contribution in [0.1, 0.15) is 51.2 Å². The summed E-state index contributed by atoms with van der Waals surface area (Å²) < 4.78 is 14.8. The first-order chi connectivity index (χ1) is 14.9. The maximum Gasteiger partial charge on any atom is 0.290 e. The lowest BCUT2D eigenvalue weighted by Gasteiger charge is -2.31. The summed E-state index contributed by atoms with van der Waals surface area (Å²) in [5.74, 6) is -2.21. The highest BCUT2D eigenvalue weighted by atomic mass is 32.1. The van der Waals surface area contributed by atoms with Crippen LogP contribution in [-0.2, 0) is 4.79 Å². The van der Waals surface area contributed by atoms with E-state index in [0.717, 1.165) is 30.9 Å². The molecule has 1 unspecified atom stereocenters. The number of nitrogens with zero attached hydrogens (tertiary/aromatic N) is 3. The van der Waals surface area contributed by atoms with E-state index in [1.54, 1.807) is 32.0 Å². The summed E-state index contributed by atoms with van der Waals surface area (Å²) in [5.41, 5.74) is 0.681. The van der Waals surface area contributed by atoms with Gasteiger partial charge in [0.25, 0.3) is 5.91 Å². The minimum Gasteiger partial charge on any atom is -0.503 e. The first kappa shape index (κ1) is 21.6. The molecule has 8 heteroatoms. The Bertz CT molecular complexity index is 1040. The number of aliphatic hydroxyl groups excluding tert-OH is 1. The number of thiazole rings is 1. The van der Waals surface area contributed by atoms with E-state index in [2.05, 4.69) is 9.88 Å². The van der Waals surface area contributed by atoms with Crippen LogP contribution < -0.4 is 0 Å². The molecular weight excluding hydrogens is 417 g/mol. The van der Waals surface area contributed by atoms with Crippen LogP contribution in [0, 0.1) is 19.7 Å². The number of hydrogen-bond donors (Lipinski definition) is 1. The molecule has 1 aromatic carbocycles. The Morgan fingerprint density at radius 3 is 2.55 bits per heavy atom. The molecule has 1 atom stereocenters. The number of aliphatic hydroxyl groups is 1. The van der Waals surface area contributed by atoms with Crippen LogP contribution in [0.4, 0.5) is 4.39 Å². The highest BCUT2D eigenvalue weighted by molar-refractivity contribution is 7.14. The number of carbonyl (C=O) groups is 2. The average Bonchev–Trinajstić information content (AvgIpc) is 3.23. The van der Waals surface area contributed by atoms with E-state index >= 15 is 0 Å². The Morgan fingerprint density at radius 1 is 1.19 bits per heavy atom. The number of hydrogen-bond acceptors (Lipinski definition) is 6. The molecule has 0 radical (unpaired) electrons. The third-order valence-corrected chi connectivity index (χ3v) is 7.04. The monoisotopic (exact) mass is 443 g/mol. The van der Waals surface area contributed by atoms with Crippen LogP contribution in [-0.4, -0.2) is 57.8 Å². The van der Waals surface area contributed by atoms with Crippen LogP contribution in [0.3, 0.4) is 0 Å². The molecule has 164 valence electrons. The summed E-state index contributed by atoms with van der Waals surface area (Å²) in [7, 11) is 0. The van der Waals surface area contributed by atoms with E-state index in [9.17, 15) is 19.1 Å². The molecule has 0 spiro atoms. The van der Waals surface area contributed by atoms with Gasteiger partial charge < -0.3 is 14.9 Å². The molecule has 1 amide bonds. The van der Waals surface area contributed by atoms with Crippen LogP contribution >= 0.6 is 11.3 Å². The molecule has 1 fully saturated rings. The molecule has 6 nitrogen and oxygen atoms in total. The second-order valence-corrected chi connectivity index (χ2v) is 9.27. The zero-order chi connectivity index (χ0) is 22.1. The first-order valence-corrected chi connectivity index (χ1v) is 11.4. The predicted molar refractivity (Wildman–Crippen MR) is 117 cm³/mol. The SMILES string of the molecule is Cc1nc(C)c(C(=O)C2=C(O)C(=O)N(CCN3CCCCC3)C2c2ccccc2F)s1. The number of benzene rings is 1. The molecule has 0 aliphatic carbocycles. The molecule has 2 aliphatic rings. The third kappa shape index (κ3) is 4.14. The normalized spacial score (nSPS) is 20.0. The fourth-order valence-electron chi connectivity index (χ4n) is 4.43. The average molecular weight is 444 g/mol. The first-order valence-electron chi connectivity index (χ1n) is 10.6. The molecule has 1 saturated heterocycles. The minimum atomic E-state index is -0.965. The fourth-order valence-corrected chi connectivity index (χ4v) is 5.31. The van der Waals surface area contributed by atoms with Gasteiger partial charge in [0.2, 0.25) is 5.78 Å². The Labute approximate surface area is 185 Å². The van der Waals surface area contributed by atoms with E-state index in [1.165, 1.54) is 28.7 Å². The van der Waals surface area contributed by atoms with Crippen molar-refractivity contribution in [3.63, 3.8) is 0 Å². The second-order valence-electron chi connectivity index (χ2n) is 8.06. The van der Waals surface area contributed by atoms with Gasteiger partial charge in [0.05, 0.1) is 27.2 Å². The lowest BCUT2D eigenvalue weighted by molar-refractivity contribution is -0.129. The summed E-state index contributed by atoms with van der Waals surface area (Å²) in [4.78, 5) is 34.8. The highest BCUT2D eigenvalue weighted by Gasteiger charge is 2.45. The van der Waals surface area contributed by atoms with E-state index in [0.29, 0.717) is 23.7 Å².